The first-order valence-corrected chi connectivity index (χ1v) is 24.2. The lowest BCUT2D eigenvalue weighted by Crippen LogP contribution is -2.27. The van der Waals surface area contributed by atoms with Crippen LogP contribution in [0.2, 0.25) is 0 Å². The molecule has 2 aromatic carbocycles. The molecule has 0 spiro atoms. The van der Waals surface area contributed by atoms with Gasteiger partial charge in [0.05, 0.1) is 24.1 Å². The Kier molecular flexibility index (Phi) is 28.5. The third-order valence-corrected chi connectivity index (χ3v) is 10.5. The Morgan fingerprint density at radius 1 is 0.800 bits per heavy atom. The molecule has 0 fully saturated rings. The standard InChI is InChI=1S/C23H33N7O.C15H23N3O2.C13H18N4O.ClH/c1-2-3-7-18-10-12-19(13-11-18)22(31)25-14-15-30-17-21(28-29-30)9-6-4-5-8-20-16-26-23(24)27-20;1-5-6-7-8-9-10-12-11-18(13(16)17-12)14(19)20-15(2,3)4;1-2-3-4-11-5-7-12(8-6-11)13(18)15-9-10-16-17-14;/h10-13,16-17H,2-9,14-15H2,1H3,(H,25,31)(H3,24,26,27);1,11H,6-10H2,2-4H3,(H2,16,17);5-8H,2-4,9-10H2,1H3,(H,15,18);1H. The molecule has 0 aliphatic carbocycles. The first-order chi connectivity index (χ1) is 33.2. The van der Waals surface area contributed by atoms with Gasteiger partial charge in [0, 0.05) is 60.2 Å². The summed E-state index contributed by atoms with van der Waals surface area (Å²) in [5.74, 6) is 3.07. The van der Waals surface area contributed by atoms with E-state index in [2.05, 4.69) is 65.7 Å². The molecule has 3 aromatic heterocycles. The third-order valence-electron chi connectivity index (χ3n) is 10.5. The molecule has 3 heterocycles. The van der Waals surface area contributed by atoms with Gasteiger partial charge in [0.15, 0.2) is 5.95 Å². The largest absolute Gasteiger partial charge is 0.443 e. The number of azide groups is 1. The summed E-state index contributed by atoms with van der Waals surface area (Å²) in [5.41, 5.74) is 25.6. The molecule has 5 rings (SSSR count). The van der Waals surface area contributed by atoms with Crippen LogP contribution in [-0.4, -0.2) is 77.7 Å². The maximum Gasteiger partial charge on any atom is 0.421 e. The maximum absolute atomic E-state index is 12.3. The maximum atomic E-state index is 12.3. The number of carbonyl (C=O) groups excluding carboxylic acids is 3. The minimum atomic E-state index is -0.552. The Bertz CT molecular complexity index is 2360. The number of nitrogens with two attached hydrogens (primary N) is 2. The second-order valence-electron chi connectivity index (χ2n) is 17.6. The minimum Gasteiger partial charge on any atom is -0.443 e. The number of carbonyl (C=O) groups is 3. The van der Waals surface area contributed by atoms with Gasteiger partial charge in [0.2, 0.25) is 5.95 Å². The molecule has 0 bridgehead atoms. The van der Waals surface area contributed by atoms with Crippen LogP contribution < -0.4 is 22.1 Å². The molecule has 7 N–H and O–H groups in total. The van der Waals surface area contributed by atoms with Crippen LogP contribution in [0.3, 0.4) is 0 Å². The van der Waals surface area contributed by atoms with Gasteiger partial charge in [-0.05, 0) is 132 Å². The zero-order valence-electron chi connectivity index (χ0n) is 41.8. The van der Waals surface area contributed by atoms with Gasteiger partial charge >= 0.3 is 6.09 Å². The number of aryl methyl sites for hydroxylation is 5. The van der Waals surface area contributed by atoms with E-state index in [1.54, 1.807) is 17.1 Å². The van der Waals surface area contributed by atoms with Crippen LogP contribution in [0.5, 0.6) is 0 Å². The highest BCUT2D eigenvalue weighted by atomic mass is 35.5. The molecular formula is C51H75ClN14O4. The van der Waals surface area contributed by atoms with Gasteiger partial charge in [-0.25, -0.2) is 19.3 Å². The summed E-state index contributed by atoms with van der Waals surface area (Å²) in [4.78, 5) is 49.7. The first kappa shape index (κ1) is 59.3. The lowest BCUT2D eigenvalue weighted by atomic mass is 10.1. The summed E-state index contributed by atoms with van der Waals surface area (Å²) in [6.45, 7) is 11.5. The number of amides is 2. The number of imidazole rings is 2. The van der Waals surface area contributed by atoms with Crippen molar-refractivity contribution in [2.45, 2.75) is 149 Å². The predicted octanol–water partition coefficient (Wildman–Crippen LogP) is 9.79. The number of aromatic nitrogens is 7. The molecule has 2 amide bonds. The Morgan fingerprint density at radius 2 is 1.37 bits per heavy atom. The molecule has 19 heteroatoms. The number of ether oxygens (including phenoxy) is 1. The normalized spacial score (nSPS) is 10.5. The molecule has 0 saturated heterocycles. The highest BCUT2D eigenvalue weighted by Gasteiger charge is 2.20. The van der Waals surface area contributed by atoms with Gasteiger partial charge in [-0.3, -0.25) is 14.3 Å². The molecule has 380 valence electrons. The number of benzene rings is 2. The molecule has 0 radical (unpaired) electrons. The van der Waals surface area contributed by atoms with Crippen molar-refractivity contribution in [2.24, 2.45) is 5.11 Å². The Hall–Kier alpha value is -6.83. The van der Waals surface area contributed by atoms with Crippen LogP contribution in [0.15, 0.2) is 72.2 Å². The number of terminal acetylenes is 1. The van der Waals surface area contributed by atoms with Gasteiger partial charge in [-0.2, -0.15) is 0 Å². The van der Waals surface area contributed by atoms with Crippen LogP contribution in [0.4, 0.5) is 16.7 Å². The van der Waals surface area contributed by atoms with Crippen molar-refractivity contribution in [3.63, 3.8) is 0 Å². The number of unbranched alkanes of at least 4 members (excludes halogenated alkanes) is 7. The van der Waals surface area contributed by atoms with E-state index in [9.17, 15) is 14.4 Å². The van der Waals surface area contributed by atoms with Crippen molar-refractivity contribution in [1.29, 1.82) is 0 Å². The van der Waals surface area contributed by atoms with E-state index < -0.39 is 11.7 Å². The van der Waals surface area contributed by atoms with Crippen molar-refractivity contribution in [1.82, 2.24) is 45.1 Å². The molecule has 70 heavy (non-hydrogen) atoms. The van der Waals surface area contributed by atoms with Crippen molar-refractivity contribution in [3.8, 4) is 12.3 Å². The summed E-state index contributed by atoms with van der Waals surface area (Å²) in [5, 5.41) is 17.4. The molecule has 0 unspecified atom stereocenters. The van der Waals surface area contributed by atoms with Crippen LogP contribution in [-0.2, 0) is 43.4 Å². The number of rotatable bonds is 25. The number of anilines is 2. The highest BCUT2D eigenvalue weighted by Crippen LogP contribution is 2.15. The summed E-state index contributed by atoms with van der Waals surface area (Å²) in [6, 6.07) is 15.5. The second kappa shape index (κ2) is 33.6. The summed E-state index contributed by atoms with van der Waals surface area (Å²) >= 11 is 0. The fourth-order valence-electron chi connectivity index (χ4n) is 6.76. The number of nitrogens with one attached hydrogen (secondary N) is 3. The number of hydrogen-bond donors (Lipinski definition) is 5. The van der Waals surface area contributed by atoms with Crippen LogP contribution in [0.1, 0.15) is 154 Å². The highest BCUT2D eigenvalue weighted by molar-refractivity contribution is 5.94. The van der Waals surface area contributed by atoms with Crippen molar-refractivity contribution >= 4 is 42.2 Å². The van der Waals surface area contributed by atoms with E-state index in [0.717, 1.165) is 101 Å². The van der Waals surface area contributed by atoms with Gasteiger partial charge in [-0.1, -0.05) is 74.1 Å². The van der Waals surface area contributed by atoms with Crippen LogP contribution >= 0.6 is 12.4 Å². The fraction of sp³-hybridized carbons (Fsp3) is 0.510. The van der Waals surface area contributed by atoms with Crippen LogP contribution in [0.25, 0.3) is 10.4 Å². The molecule has 0 aliphatic rings. The smallest absolute Gasteiger partial charge is 0.421 e. The fourth-order valence-corrected chi connectivity index (χ4v) is 6.76. The topological polar surface area (TPSA) is 263 Å². The average Bonchev–Trinajstić information content (AvgIpc) is 4.08. The van der Waals surface area contributed by atoms with Gasteiger partial charge in [0.25, 0.3) is 11.8 Å². The van der Waals surface area contributed by atoms with E-state index in [4.69, 9.17) is 28.2 Å². The first-order valence-electron chi connectivity index (χ1n) is 24.2. The van der Waals surface area contributed by atoms with E-state index >= 15 is 0 Å². The van der Waals surface area contributed by atoms with Gasteiger partial charge in [0.1, 0.15) is 5.60 Å². The SMILES string of the molecule is C#CCCCCCc1cn(C(=O)OC(C)(C)C)c(N)n1.CCCCc1ccc(C(=O)NCCN=[N+]=[N-])cc1.CCCCc1ccc(C(=O)NCCn2cc(CCCCCc3cnc(N)[nH]3)nn2)cc1.Cl. The molecule has 0 saturated carbocycles. The monoisotopic (exact) mass is 983 g/mol. The van der Waals surface area contributed by atoms with Crippen molar-refractivity contribution < 1.29 is 19.1 Å². The summed E-state index contributed by atoms with van der Waals surface area (Å²) < 4.78 is 8.30. The molecule has 0 atom stereocenters. The predicted molar refractivity (Wildman–Crippen MR) is 280 cm³/mol. The van der Waals surface area contributed by atoms with E-state index in [1.165, 1.54) is 35.0 Å². The molecule has 18 nitrogen and oxygen atoms in total. The number of H-pyrrole nitrogens is 1. The van der Waals surface area contributed by atoms with Gasteiger partial charge < -0.3 is 31.8 Å². The Balaban J connectivity index is 0.000000377. The number of nitrogens with zero attached hydrogens (tertiary/aromatic N) is 9. The summed E-state index contributed by atoms with van der Waals surface area (Å²) in [6.07, 6.45) is 26.6. The van der Waals surface area contributed by atoms with Crippen molar-refractivity contribution in [2.75, 3.05) is 31.1 Å². The summed E-state index contributed by atoms with van der Waals surface area (Å²) in [7, 11) is 0. The Morgan fingerprint density at radius 3 is 1.91 bits per heavy atom. The number of hydrogen-bond acceptors (Lipinski definition) is 11. The Labute approximate surface area is 420 Å². The van der Waals surface area contributed by atoms with E-state index in [0.29, 0.717) is 36.7 Å². The average molecular weight is 984 g/mol. The van der Waals surface area contributed by atoms with Crippen molar-refractivity contribution in [3.05, 3.63) is 117 Å². The third kappa shape index (κ3) is 24.5. The van der Waals surface area contributed by atoms with Gasteiger partial charge in [-0.15, -0.1) is 29.8 Å². The molecule has 5 aromatic rings. The second-order valence-corrected chi connectivity index (χ2v) is 17.6. The number of aromatic amines is 1. The molecule has 0 aliphatic heterocycles. The molecular weight excluding hydrogens is 908 g/mol. The van der Waals surface area contributed by atoms with E-state index in [-0.39, 0.29) is 36.7 Å². The lowest BCUT2D eigenvalue weighted by Gasteiger charge is -2.19. The zero-order valence-corrected chi connectivity index (χ0v) is 42.6. The number of nitrogen functional groups attached to an aromatic ring is 2. The minimum absolute atomic E-state index is 0. The number of halogens is 1. The van der Waals surface area contributed by atoms with Crippen LogP contribution in [0, 0.1) is 12.3 Å². The van der Waals surface area contributed by atoms with E-state index in [1.807, 2.05) is 75.5 Å². The quantitative estimate of drug-likeness (QED) is 0.0121. The zero-order chi connectivity index (χ0) is 50.3. The lowest BCUT2D eigenvalue weighted by molar-refractivity contribution is 0.0540.